The Bertz CT molecular complexity index is 3280. The molecule has 111 heavy (non-hydrogen) atoms. The fourth-order valence-electron chi connectivity index (χ4n) is 17.2. The van der Waals surface area contributed by atoms with Gasteiger partial charge in [-0.15, -0.1) is 0 Å². The summed E-state index contributed by atoms with van der Waals surface area (Å²) in [5.41, 5.74) is -1.72. The zero-order valence-corrected chi connectivity index (χ0v) is 66.8. The molecular formula is C77H120F8N12O14. The highest BCUT2D eigenvalue weighted by molar-refractivity contribution is 6.01. The molecule has 2 bridgehead atoms. The van der Waals surface area contributed by atoms with Gasteiger partial charge in [-0.3, -0.25) is 57.5 Å². The van der Waals surface area contributed by atoms with E-state index in [4.69, 9.17) is 9.47 Å². The average Bonchev–Trinajstić information content (AvgIpc) is 1.66. The molecule has 3 N–H and O–H groups in total. The first-order valence-electron chi connectivity index (χ1n) is 39.8. The molecule has 7 rings (SSSR count). The minimum Gasteiger partial charge on any atom is -0.378 e. The van der Waals surface area contributed by atoms with Gasteiger partial charge >= 0.3 is 12.4 Å². The number of nitrogens with one attached hydrogen (secondary N) is 3. The van der Waals surface area contributed by atoms with Crippen molar-refractivity contribution in [3.05, 3.63) is 12.2 Å². The van der Waals surface area contributed by atoms with Crippen molar-refractivity contribution in [1.82, 2.24) is 60.0 Å². The van der Waals surface area contributed by atoms with E-state index in [0.29, 0.717) is 25.7 Å². The van der Waals surface area contributed by atoms with Crippen LogP contribution in [0.25, 0.3) is 0 Å². The van der Waals surface area contributed by atoms with E-state index < -0.39 is 230 Å². The maximum atomic E-state index is 15.7. The van der Waals surface area contributed by atoms with Crippen molar-refractivity contribution in [3.8, 4) is 0 Å². The van der Waals surface area contributed by atoms with Crippen LogP contribution in [0.5, 0.6) is 0 Å². The topological polar surface area (TPSA) is 289 Å². The van der Waals surface area contributed by atoms with Crippen LogP contribution in [0.2, 0.25) is 0 Å². The second kappa shape index (κ2) is 39.7. The van der Waals surface area contributed by atoms with Gasteiger partial charge in [0.25, 0.3) is 0 Å². The lowest BCUT2D eigenvalue weighted by atomic mass is 9.74. The van der Waals surface area contributed by atoms with Crippen LogP contribution < -0.4 is 16.0 Å². The number of carbonyl (C=O) groups excluding carboxylic acids is 12. The fraction of sp³-hybridized carbons (Fsp3) is 0.818. The van der Waals surface area contributed by atoms with Crippen molar-refractivity contribution in [2.45, 2.75) is 262 Å². The van der Waals surface area contributed by atoms with Crippen LogP contribution in [0.1, 0.15) is 177 Å². The molecule has 7 aliphatic rings. The molecule has 0 aromatic heterocycles. The number of alkyl halides is 8. The van der Waals surface area contributed by atoms with Crippen LogP contribution in [0.3, 0.4) is 0 Å². The average molecular weight is 1590 g/mol. The lowest BCUT2D eigenvalue weighted by molar-refractivity contribution is -0.219. The van der Waals surface area contributed by atoms with E-state index in [-0.39, 0.29) is 129 Å². The summed E-state index contributed by atoms with van der Waals surface area (Å²) >= 11 is 0. The molecule has 3 saturated heterocycles. The van der Waals surface area contributed by atoms with E-state index in [1.165, 1.54) is 61.9 Å². The molecule has 12 amide bonds. The van der Waals surface area contributed by atoms with Gasteiger partial charge in [0, 0.05) is 81.5 Å². The van der Waals surface area contributed by atoms with Gasteiger partial charge in [0.2, 0.25) is 70.9 Å². The first-order chi connectivity index (χ1) is 52.1. The minimum absolute atomic E-state index is 0.00845. The molecule has 0 aromatic rings. The standard InChI is InChI=1S/C77H120F8N12O14/c1-14-46(7)64-72(107)90(9)44-62(100)91(10)55-22-19-18-20-31-96(71(55)106)59(39-47-23-26-50(27-24-47)76(80,81)82)69(104)89(8)43-60(98)86-54(28-25-48-37-52(78)63(53(79)38-48)77(83,84)85)68(103)97-42-51(111-17-4)40-57(97)67(102)88-75(29-21-30-75)74(109)94(13)65(49(15-2)16-3)73(108)93(12)58(70(105)95-32-34-110-35-33-95)41-61(99)92(11)56(36-45(5)6)66(101)87-64/h18-19,45-59,63-65H,14-17,20-44H2,1-13H3,(H,86,98)(H,87,101)(H,88,102)/b19-18-/t46-,47?,48?,50?,51+,52?,53?,54-,55?,56-,57-,58-,59-,63?,64-,65-/m0/s1. The summed E-state index contributed by atoms with van der Waals surface area (Å²) in [7, 11) is 7.98. The van der Waals surface area contributed by atoms with Crippen molar-refractivity contribution in [1.29, 1.82) is 0 Å². The maximum absolute atomic E-state index is 15.7. The van der Waals surface area contributed by atoms with Crippen molar-refractivity contribution in [2.24, 2.45) is 41.4 Å². The number of halogens is 8. The van der Waals surface area contributed by atoms with Gasteiger partial charge in [-0.05, 0) is 133 Å². The third-order valence-corrected chi connectivity index (χ3v) is 24.4. The Hall–Kier alpha value is -7.26. The molecule has 34 heteroatoms. The summed E-state index contributed by atoms with van der Waals surface area (Å²) in [5, 5.41) is 8.42. The molecule has 4 aliphatic heterocycles. The van der Waals surface area contributed by atoms with Crippen LogP contribution in [0, 0.1) is 41.4 Å². The molecule has 3 unspecified atom stereocenters. The lowest BCUT2D eigenvalue weighted by Crippen LogP contribution is -2.68. The van der Waals surface area contributed by atoms with Crippen LogP contribution in [0.4, 0.5) is 35.1 Å². The predicted octanol–water partition coefficient (Wildman–Crippen LogP) is 6.37. The second-order valence-corrected chi connectivity index (χ2v) is 32.4. The Morgan fingerprint density at radius 2 is 1.25 bits per heavy atom. The number of fused-ring (bicyclic) bond motifs is 3. The van der Waals surface area contributed by atoms with Gasteiger partial charge in [0.1, 0.15) is 72.1 Å². The van der Waals surface area contributed by atoms with E-state index in [0.717, 1.165) is 24.5 Å². The highest BCUT2D eigenvalue weighted by Gasteiger charge is 2.56. The summed E-state index contributed by atoms with van der Waals surface area (Å²) in [6.07, 6.45) is -15.1. The summed E-state index contributed by atoms with van der Waals surface area (Å²) in [4.78, 5) is 193. The first-order valence-corrected chi connectivity index (χ1v) is 39.8. The summed E-state index contributed by atoms with van der Waals surface area (Å²) in [6.45, 7) is 10.9. The molecule has 26 nitrogen and oxygen atoms in total. The van der Waals surface area contributed by atoms with Crippen LogP contribution in [-0.4, -0.2) is 301 Å². The molecule has 0 radical (unpaired) electrons. The van der Waals surface area contributed by atoms with Crippen LogP contribution in [-0.2, 0) is 67.0 Å². The Labute approximate surface area is 647 Å². The maximum Gasteiger partial charge on any atom is 0.397 e. The van der Waals surface area contributed by atoms with Gasteiger partial charge in [-0.25, -0.2) is 8.78 Å². The number of morpholine rings is 1. The molecular weight excluding hydrogens is 1470 g/mol. The predicted molar refractivity (Wildman–Crippen MR) is 392 cm³/mol. The van der Waals surface area contributed by atoms with Crippen LogP contribution in [0.15, 0.2) is 12.2 Å². The Morgan fingerprint density at radius 3 is 1.81 bits per heavy atom. The van der Waals surface area contributed by atoms with Crippen molar-refractivity contribution < 1.29 is 102 Å². The Balaban J connectivity index is 1.34. The Kier molecular flexibility index (Phi) is 32.5. The van der Waals surface area contributed by atoms with Crippen molar-refractivity contribution in [3.63, 3.8) is 0 Å². The quantitative estimate of drug-likeness (QED) is 0.119. The molecule has 4 heterocycles. The second-order valence-electron chi connectivity index (χ2n) is 32.4. The normalized spacial score (nSPS) is 31.5. The molecule has 12 atom stereocenters. The van der Waals surface area contributed by atoms with E-state index in [2.05, 4.69) is 16.0 Å². The number of carbonyl (C=O) groups is 12. The van der Waals surface area contributed by atoms with E-state index in [1.807, 2.05) is 27.7 Å². The summed E-state index contributed by atoms with van der Waals surface area (Å²) < 4.78 is 127. The number of rotatable bonds is 15. The fourth-order valence-corrected chi connectivity index (χ4v) is 17.2. The molecule has 0 aromatic carbocycles. The number of hydrogen-bond donors (Lipinski definition) is 3. The van der Waals surface area contributed by atoms with Gasteiger partial charge in [0.05, 0.1) is 44.7 Å². The van der Waals surface area contributed by atoms with E-state index >= 15 is 51.9 Å². The largest absolute Gasteiger partial charge is 0.397 e. The van der Waals surface area contributed by atoms with Crippen molar-refractivity contribution >= 4 is 70.9 Å². The van der Waals surface area contributed by atoms with Gasteiger partial charge < -0.3 is 69.5 Å². The number of hydrogen-bond acceptors (Lipinski definition) is 14. The van der Waals surface area contributed by atoms with Gasteiger partial charge in [-0.1, -0.05) is 73.0 Å². The van der Waals surface area contributed by atoms with Crippen molar-refractivity contribution in [2.75, 3.05) is 101 Å². The summed E-state index contributed by atoms with van der Waals surface area (Å²) in [5.74, 6) is -17.3. The SMILES string of the molecule is CCO[C@@H]1C[C@H]2C(=O)NC3(CCC3)C(=O)N(C)[C@@H](C(CC)CC)C(=O)N(C)[C@H](C(=O)N3CCOCC3)CC(=O)N(C)[C@@H](CC(C)C)C(=O)N[C@@H]([C@@H](C)CC)C(=O)N(C)CC(=O)N(C)C3C/C=C\CCN(C3=O)[C@@H](CC3CCC(C(F)(F)F)CC3)C(=O)N(C)CC(=O)N[C@@H](CCC3CC(F)C(C(F)(F)F)C(F)C3)C(=O)N2C1. The smallest absolute Gasteiger partial charge is 0.378 e. The molecule has 1 spiro atoms. The van der Waals surface area contributed by atoms with Gasteiger partial charge in [0.15, 0.2) is 0 Å². The Morgan fingerprint density at radius 1 is 0.631 bits per heavy atom. The monoisotopic (exact) mass is 1590 g/mol. The van der Waals surface area contributed by atoms with Crippen LogP contribution >= 0.6 is 0 Å². The zero-order chi connectivity index (χ0) is 82.5. The highest BCUT2D eigenvalue weighted by atomic mass is 19.4. The zero-order valence-electron chi connectivity index (χ0n) is 66.8. The number of nitrogens with zero attached hydrogens (tertiary/aromatic N) is 9. The highest BCUT2D eigenvalue weighted by Crippen LogP contribution is 2.46. The van der Waals surface area contributed by atoms with Gasteiger partial charge in [-0.2, -0.15) is 26.3 Å². The first kappa shape index (κ1) is 90.9. The number of ether oxygens (including phenoxy) is 2. The summed E-state index contributed by atoms with van der Waals surface area (Å²) in [6, 6.07) is -11.6. The third kappa shape index (κ3) is 22.4. The molecule has 628 valence electrons. The lowest BCUT2D eigenvalue weighted by Gasteiger charge is -2.47. The molecule has 3 aliphatic carbocycles. The number of likely N-dealkylation sites (N-methyl/N-ethyl adjacent to an activating group) is 6. The molecule has 3 saturated carbocycles. The number of amides is 12. The minimum atomic E-state index is -5.22. The van der Waals surface area contributed by atoms with E-state index in [1.54, 1.807) is 32.9 Å². The third-order valence-electron chi connectivity index (χ3n) is 24.4. The molecule has 6 fully saturated rings. The van der Waals surface area contributed by atoms with E-state index in [9.17, 15) is 40.7 Å².